The maximum Gasteiger partial charge on any atom is 0.339 e. The van der Waals surface area contributed by atoms with Crippen LogP contribution < -0.4 is 9.47 Å². The fourth-order valence-electron chi connectivity index (χ4n) is 1.21. The monoisotopic (exact) mass is 221 g/mol. The van der Waals surface area contributed by atoms with E-state index in [1.165, 1.54) is 6.07 Å². The minimum atomic E-state index is -1.12. The molecule has 0 aliphatic rings. The maximum atomic E-state index is 10.9. The molecule has 0 saturated carbocycles. The number of hydrogen-bond donors (Lipinski definition) is 1. The number of hydrogen-bond acceptors (Lipinski definition) is 4. The van der Waals surface area contributed by atoms with E-state index >= 15 is 0 Å². The quantitative estimate of drug-likeness (QED) is 0.818. The molecule has 16 heavy (non-hydrogen) atoms. The highest BCUT2D eigenvalue weighted by atomic mass is 16.5. The smallest absolute Gasteiger partial charge is 0.339 e. The molecule has 0 heterocycles. The molecule has 0 aromatic heterocycles. The van der Waals surface area contributed by atoms with Crippen molar-refractivity contribution < 1.29 is 19.4 Å². The highest BCUT2D eigenvalue weighted by Crippen LogP contribution is 2.31. The number of carboxylic acids is 1. The van der Waals surface area contributed by atoms with Crippen molar-refractivity contribution in [2.75, 3.05) is 13.2 Å². The summed E-state index contributed by atoms with van der Waals surface area (Å²) in [5.41, 5.74) is -0.0128. The molecule has 0 atom stereocenters. The lowest BCUT2D eigenvalue weighted by Gasteiger charge is -2.11. The highest BCUT2D eigenvalue weighted by Gasteiger charge is 2.16. The number of carboxylic acid groups (broad SMARTS) is 1. The van der Waals surface area contributed by atoms with Crippen LogP contribution in [-0.4, -0.2) is 24.3 Å². The minimum absolute atomic E-state index is 0.0128. The Morgan fingerprint density at radius 3 is 2.81 bits per heavy atom. The minimum Gasteiger partial charge on any atom is -0.490 e. The topological polar surface area (TPSA) is 79.6 Å². The number of carbonyl (C=O) groups is 1. The number of para-hydroxylation sites is 1. The average Bonchev–Trinajstić information content (AvgIpc) is 2.27. The number of ether oxygens (including phenoxy) is 2. The largest absolute Gasteiger partial charge is 0.490 e. The molecular weight excluding hydrogens is 210 g/mol. The molecule has 0 amide bonds. The lowest BCUT2D eigenvalue weighted by Crippen LogP contribution is -2.06. The molecule has 0 saturated heterocycles. The van der Waals surface area contributed by atoms with Gasteiger partial charge in [-0.2, -0.15) is 5.26 Å². The highest BCUT2D eigenvalue weighted by molar-refractivity contribution is 5.92. The van der Waals surface area contributed by atoms with E-state index in [2.05, 4.69) is 0 Å². The van der Waals surface area contributed by atoms with Gasteiger partial charge in [0, 0.05) is 0 Å². The second-order valence-electron chi connectivity index (χ2n) is 2.82. The molecule has 0 fully saturated rings. The molecule has 0 aliphatic heterocycles. The van der Waals surface area contributed by atoms with Gasteiger partial charge in [0.05, 0.1) is 6.61 Å². The van der Waals surface area contributed by atoms with Gasteiger partial charge in [-0.25, -0.2) is 4.79 Å². The van der Waals surface area contributed by atoms with Crippen LogP contribution in [0, 0.1) is 11.3 Å². The number of nitriles is 1. The molecule has 0 aliphatic carbocycles. The van der Waals surface area contributed by atoms with Crippen molar-refractivity contribution in [2.24, 2.45) is 0 Å². The van der Waals surface area contributed by atoms with Crippen LogP contribution in [0.3, 0.4) is 0 Å². The summed E-state index contributed by atoms with van der Waals surface area (Å²) in [6.45, 7) is 1.96. The summed E-state index contributed by atoms with van der Waals surface area (Å²) < 4.78 is 10.3. The predicted molar refractivity (Wildman–Crippen MR) is 55.7 cm³/mol. The Labute approximate surface area is 92.8 Å². The average molecular weight is 221 g/mol. The molecule has 1 aromatic rings. The summed E-state index contributed by atoms with van der Waals surface area (Å²) in [6, 6.07) is 6.34. The van der Waals surface area contributed by atoms with Gasteiger partial charge >= 0.3 is 5.97 Å². The molecule has 0 radical (unpaired) electrons. The zero-order valence-corrected chi connectivity index (χ0v) is 8.77. The van der Waals surface area contributed by atoms with Crippen LogP contribution in [-0.2, 0) is 0 Å². The van der Waals surface area contributed by atoms with Crippen LogP contribution in [0.1, 0.15) is 17.3 Å². The molecule has 5 nitrogen and oxygen atoms in total. The Bertz CT molecular complexity index is 422. The summed E-state index contributed by atoms with van der Waals surface area (Å²) in [4.78, 5) is 10.9. The van der Waals surface area contributed by atoms with Crippen LogP contribution in [0.5, 0.6) is 11.5 Å². The van der Waals surface area contributed by atoms with E-state index in [9.17, 15) is 4.79 Å². The number of nitrogens with zero attached hydrogens (tertiary/aromatic N) is 1. The first-order valence-corrected chi connectivity index (χ1v) is 4.69. The third-order valence-electron chi connectivity index (χ3n) is 1.79. The van der Waals surface area contributed by atoms with Gasteiger partial charge in [0.1, 0.15) is 11.6 Å². The Kier molecular flexibility index (Phi) is 4.16. The van der Waals surface area contributed by atoms with Crippen LogP contribution >= 0.6 is 0 Å². The van der Waals surface area contributed by atoms with E-state index in [1.54, 1.807) is 25.1 Å². The van der Waals surface area contributed by atoms with Gasteiger partial charge in [0.25, 0.3) is 0 Å². The Balaban J connectivity index is 3.13. The molecule has 1 aromatic carbocycles. The third-order valence-corrected chi connectivity index (χ3v) is 1.79. The maximum absolute atomic E-state index is 10.9. The molecule has 1 rings (SSSR count). The summed E-state index contributed by atoms with van der Waals surface area (Å²) in [5, 5.41) is 17.4. The number of benzene rings is 1. The molecule has 84 valence electrons. The van der Waals surface area contributed by atoms with Crippen LogP contribution in [0.15, 0.2) is 18.2 Å². The van der Waals surface area contributed by atoms with Crippen molar-refractivity contribution in [1.82, 2.24) is 0 Å². The van der Waals surface area contributed by atoms with E-state index in [-0.39, 0.29) is 17.9 Å². The first-order chi connectivity index (χ1) is 7.70. The van der Waals surface area contributed by atoms with E-state index in [4.69, 9.17) is 19.8 Å². The van der Waals surface area contributed by atoms with Gasteiger partial charge in [-0.3, -0.25) is 0 Å². The SMILES string of the molecule is CCOc1cccc(C(=O)O)c1OCC#N. The summed E-state index contributed by atoms with van der Waals surface area (Å²) in [6.07, 6.45) is 0. The van der Waals surface area contributed by atoms with Gasteiger partial charge < -0.3 is 14.6 Å². The standard InChI is InChI=1S/C11H11NO4/c1-2-15-9-5-3-4-8(11(13)14)10(9)16-7-6-12/h3-5H,2,7H2,1H3,(H,13,14). The molecular formula is C11H11NO4. The van der Waals surface area contributed by atoms with Gasteiger partial charge in [0.2, 0.25) is 0 Å². The Morgan fingerprint density at radius 1 is 1.50 bits per heavy atom. The Hall–Kier alpha value is -2.22. The number of aromatic carboxylic acids is 1. The van der Waals surface area contributed by atoms with E-state index in [0.29, 0.717) is 12.4 Å². The van der Waals surface area contributed by atoms with Crippen LogP contribution in [0.4, 0.5) is 0 Å². The fourth-order valence-corrected chi connectivity index (χ4v) is 1.21. The van der Waals surface area contributed by atoms with E-state index in [0.717, 1.165) is 0 Å². The summed E-state index contributed by atoms with van der Waals surface area (Å²) in [7, 11) is 0. The Morgan fingerprint density at radius 2 is 2.25 bits per heavy atom. The van der Waals surface area contributed by atoms with Crippen LogP contribution in [0.25, 0.3) is 0 Å². The normalized spacial score (nSPS) is 9.25. The lowest BCUT2D eigenvalue weighted by atomic mass is 10.2. The van der Waals surface area contributed by atoms with Crippen molar-refractivity contribution in [3.05, 3.63) is 23.8 Å². The first-order valence-electron chi connectivity index (χ1n) is 4.69. The van der Waals surface area contributed by atoms with Crippen molar-refractivity contribution in [1.29, 1.82) is 5.26 Å². The molecule has 1 N–H and O–H groups in total. The van der Waals surface area contributed by atoms with Gasteiger partial charge in [-0.1, -0.05) is 6.07 Å². The van der Waals surface area contributed by atoms with Gasteiger partial charge in [0.15, 0.2) is 18.1 Å². The van der Waals surface area contributed by atoms with E-state index < -0.39 is 5.97 Å². The second-order valence-corrected chi connectivity index (χ2v) is 2.82. The lowest BCUT2D eigenvalue weighted by molar-refractivity contribution is 0.0692. The zero-order chi connectivity index (χ0) is 12.0. The second kappa shape index (κ2) is 5.61. The van der Waals surface area contributed by atoms with Crippen molar-refractivity contribution >= 4 is 5.97 Å². The van der Waals surface area contributed by atoms with Crippen molar-refractivity contribution in [3.63, 3.8) is 0 Å². The molecule has 5 heteroatoms. The fraction of sp³-hybridized carbons (Fsp3) is 0.273. The first kappa shape index (κ1) is 11.9. The third kappa shape index (κ3) is 2.64. The molecule has 0 bridgehead atoms. The van der Waals surface area contributed by atoms with E-state index in [1.807, 2.05) is 0 Å². The van der Waals surface area contributed by atoms with Crippen molar-refractivity contribution in [2.45, 2.75) is 6.92 Å². The van der Waals surface area contributed by atoms with Crippen LogP contribution in [0.2, 0.25) is 0 Å². The van der Waals surface area contributed by atoms with Gasteiger partial charge in [-0.05, 0) is 19.1 Å². The zero-order valence-electron chi connectivity index (χ0n) is 8.77. The van der Waals surface area contributed by atoms with Crippen molar-refractivity contribution in [3.8, 4) is 17.6 Å². The number of rotatable bonds is 5. The molecule has 0 unspecified atom stereocenters. The summed E-state index contributed by atoms with van der Waals surface area (Å²) >= 11 is 0. The van der Waals surface area contributed by atoms with Gasteiger partial charge in [-0.15, -0.1) is 0 Å². The molecule has 0 spiro atoms. The summed E-state index contributed by atoms with van der Waals surface area (Å²) in [5.74, 6) is -0.689. The predicted octanol–water partition coefficient (Wildman–Crippen LogP) is 1.69.